The summed E-state index contributed by atoms with van der Waals surface area (Å²) in [6, 6.07) is 7.51. The average Bonchev–Trinajstić information content (AvgIpc) is 2.42. The van der Waals surface area contributed by atoms with E-state index >= 15 is 0 Å². The van der Waals surface area contributed by atoms with Gasteiger partial charge in [-0.25, -0.2) is 0 Å². The second-order valence-corrected chi connectivity index (χ2v) is 7.68. The Kier molecular flexibility index (Phi) is 5.22. The molecule has 104 valence electrons. The smallest absolute Gasteiger partial charge is 0.176 e. The highest BCUT2D eigenvalue weighted by molar-refractivity contribution is 8.08. The Bertz CT molecular complexity index is 430. The molecule has 0 aromatic heterocycles. The molecule has 1 aromatic carbocycles. The van der Waals surface area contributed by atoms with Gasteiger partial charge in [-0.15, -0.1) is 11.8 Å². The van der Waals surface area contributed by atoms with E-state index in [0.717, 1.165) is 17.1 Å². The SMILES string of the molecule is CCOc1ccc(C(=O)C2CSC(C)C(C)S2)cc1. The predicted octanol–water partition coefficient (Wildman–Crippen LogP) is 3.89. The highest BCUT2D eigenvalue weighted by Crippen LogP contribution is 2.37. The topological polar surface area (TPSA) is 26.3 Å². The van der Waals surface area contributed by atoms with E-state index in [9.17, 15) is 4.79 Å². The Hall–Kier alpha value is -0.610. The van der Waals surface area contributed by atoms with Crippen LogP contribution in [0.5, 0.6) is 5.75 Å². The van der Waals surface area contributed by atoms with E-state index in [1.165, 1.54) is 0 Å². The van der Waals surface area contributed by atoms with Crippen LogP contribution >= 0.6 is 23.5 Å². The van der Waals surface area contributed by atoms with Crippen molar-refractivity contribution in [2.45, 2.75) is 36.5 Å². The number of benzene rings is 1. The molecular weight excluding hydrogens is 276 g/mol. The molecule has 0 spiro atoms. The molecule has 2 nitrogen and oxygen atoms in total. The fraction of sp³-hybridized carbons (Fsp3) is 0.533. The van der Waals surface area contributed by atoms with Gasteiger partial charge in [0.1, 0.15) is 5.75 Å². The molecule has 0 saturated carbocycles. The molecule has 1 fully saturated rings. The third kappa shape index (κ3) is 3.69. The van der Waals surface area contributed by atoms with Crippen molar-refractivity contribution in [2.75, 3.05) is 12.4 Å². The molecule has 1 aliphatic rings. The van der Waals surface area contributed by atoms with Crippen LogP contribution in [0.15, 0.2) is 24.3 Å². The maximum atomic E-state index is 12.4. The number of hydrogen-bond acceptors (Lipinski definition) is 4. The fourth-order valence-electron chi connectivity index (χ4n) is 1.99. The first-order valence-electron chi connectivity index (χ1n) is 6.66. The van der Waals surface area contributed by atoms with E-state index in [1.807, 2.05) is 54.7 Å². The summed E-state index contributed by atoms with van der Waals surface area (Å²) >= 11 is 3.71. The van der Waals surface area contributed by atoms with Crippen LogP contribution in [0.2, 0.25) is 0 Å². The zero-order valence-electron chi connectivity index (χ0n) is 11.6. The lowest BCUT2D eigenvalue weighted by Gasteiger charge is -2.30. The highest BCUT2D eigenvalue weighted by atomic mass is 32.2. The molecule has 0 amide bonds. The largest absolute Gasteiger partial charge is 0.494 e. The minimum atomic E-state index is 0.0918. The number of thioether (sulfide) groups is 2. The monoisotopic (exact) mass is 296 g/mol. The molecule has 0 aliphatic carbocycles. The van der Waals surface area contributed by atoms with Crippen LogP contribution < -0.4 is 4.74 Å². The van der Waals surface area contributed by atoms with Crippen LogP contribution in [0.25, 0.3) is 0 Å². The molecular formula is C15H20O2S2. The van der Waals surface area contributed by atoms with Crippen molar-refractivity contribution in [3.05, 3.63) is 29.8 Å². The van der Waals surface area contributed by atoms with Gasteiger partial charge in [0.25, 0.3) is 0 Å². The minimum Gasteiger partial charge on any atom is -0.494 e. The number of carbonyl (C=O) groups excluding carboxylic acids is 1. The Morgan fingerprint density at radius 2 is 1.95 bits per heavy atom. The Balaban J connectivity index is 2.03. The molecule has 2 rings (SSSR count). The summed E-state index contributed by atoms with van der Waals surface area (Å²) in [6.07, 6.45) is 0. The molecule has 3 atom stereocenters. The van der Waals surface area contributed by atoms with Crippen molar-refractivity contribution in [3.63, 3.8) is 0 Å². The van der Waals surface area contributed by atoms with Crippen LogP contribution in [0.1, 0.15) is 31.1 Å². The molecule has 19 heavy (non-hydrogen) atoms. The quantitative estimate of drug-likeness (QED) is 0.787. The molecule has 3 unspecified atom stereocenters. The molecule has 1 aliphatic heterocycles. The van der Waals surface area contributed by atoms with E-state index in [0.29, 0.717) is 17.1 Å². The van der Waals surface area contributed by atoms with Crippen LogP contribution in [-0.4, -0.2) is 33.9 Å². The van der Waals surface area contributed by atoms with Gasteiger partial charge in [0.2, 0.25) is 0 Å². The predicted molar refractivity (Wildman–Crippen MR) is 84.7 cm³/mol. The summed E-state index contributed by atoms with van der Waals surface area (Å²) < 4.78 is 5.40. The lowest BCUT2D eigenvalue weighted by molar-refractivity contribution is 0.0994. The van der Waals surface area contributed by atoms with Gasteiger partial charge in [-0.3, -0.25) is 4.79 Å². The lowest BCUT2D eigenvalue weighted by Crippen LogP contribution is -2.31. The van der Waals surface area contributed by atoms with E-state index in [1.54, 1.807) is 0 Å². The number of ketones is 1. The minimum absolute atomic E-state index is 0.0918. The molecule has 1 heterocycles. The Morgan fingerprint density at radius 1 is 1.26 bits per heavy atom. The highest BCUT2D eigenvalue weighted by Gasteiger charge is 2.30. The molecule has 4 heteroatoms. The third-order valence-corrected chi connectivity index (χ3v) is 6.68. The van der Waals surface area contributed by atoms with Crippen molar-refractivity contribution >= 4 is 29.3 Å². The third-order valence-electron chi connectivity index (χ3n) is 3.29. The summed E-state index contributed by atoms with van der Waals surface area (Å²) in [7, 11) is 0. The van der Waals surface area contributed by atoms with E-state index in [2.05, 4.69) is 13.8 Å². The van der Waals surface area contributed by atoms with Crippen molar-refractivity contribution in [3.8, 4) is 5.75 Å². The number of hydrogen-bond donors (Lipinski definition) is 0. The second-order valence-electron chi connectivity index (χ2n) is 4.69. The second kappa shape index (κ2) is 6.71. The summed E-state index contributed by atoms with van der Waals surface area (Å²) in [5, 5.41) is 1.26. The fourth-order valence-corrected chi connectivity index (χ4v) is 4.87. The number of rotatable bonds is 4. The average molecular weight is 296 g/mol. The summed E-state index contributed by atoms with van der Waals surface area (Å²) in [5.41, 5.74) is 0.795. The van der Waals surface area contributed by atoms with Gasteiger partial charge >= 0.3 is 0 Å². The lowest BCUT2D eigenvalue weighted by atomic mass is 10.1. The Morgan fingerprint density at radius 3 is 2.53 bits per heavy atom. The van der Waals surface area contributed by atoms with Gasteiger partial charge in [0.15, 0.2) is 5.78 Å². The normalized spacial score (nSPS) is 27.0. The van der Waals surface area contributed by atoms with Gasteiger partial charge in [0.05, 0.1) is 11.9 Å². The maximum Gasteiger partial charge on any atom is 0.176 e. The van der Waals surface area contributed by atoms with Gasteiger partial charge in [-0.05, 0) is 31.2 Å². The zero-order chi connectivity index (χ0) is 13.8. The van der Waals surface area contributed by atoms with Gasteiger partial charge in [-0.1, -0.05) is 13.8 Å². The van der Waals surface area contributed by atoms with E-state index in [4.69, 9.17) is 4.74 Å². The van der Waals surface area contributed by atoms with E-state index < -0.39 is 0 Å². The van der Waals surface area contributed by atoms with Gasteiger partial charge in [0, 0.05) is 21.8 Å². The zero-order valence-corrected chi connectivity index (χ0v) is 13.2. The van der Waals surface area contributed by atoms with Crippen molar-refractivity contribution in [2.24, 2.45) is 0 Å². The summed E-state index contributed by atoms with van der Waals surface area (Å²) in [6.45, 7) is 7.05. The summed E-state index contributed by atoms with van der Waals surface area (Å²) in [5.74, 6) is 1.99. The maximum absolute atomic E-state index is 12.4. The van der Waals surface area contributed by atoms with Crippen molar-refractivity contribution in [1.82, 2.24) is 0 Å². The van der Waals surface area contributed by atoms with Crippen LogP contribution in [-0.2, 0) is 0 Å². The first-order valence-corrected chi connectivity index (χ1v) is 8.65. The molecule has 0 N–H and O–H groups in total. The number of Topliss-reactive ketones (excluding diaryl/α,β-unsaturated/α-hetero) is 1. The van der Waals surface area contributed by atoms with Gasteiger partial charge < -0.3 is 4.74 Å². The number of carbonyl (C=O) groups is 1. The first kappa shape index (κ1) is 14.8. The van der Waals surface area contributed by atoms with E-state index in [-0.39, 0.29) is 11.0 Å². The molecule has 1 saturated heterocycles. The van der Waals surface area contributed by atoms with Crippen LogP contribution in [0.3, 0.4) is 0 Å². The molecule has 0 radical (unpaired) electrons. The first-order chi connectivity index (χ1) is 9.11. The van der Waals surface area contributed by atoms with Crippen LogP contribution in [0.4, 0.5) is 0 Å². The van der Waals surface area contributed by atoms with Gasteiger partial charge in [-0.2, -0.15) is 11.8 Å². The molecule has 0 bridgehead atoms. The van der Waals surface area contributed by atoms with Crippen molar-refractivity contribution in [1.29, 1.82) is 0 Å². The summed E-state index contributed by atoms with van der Waals surface area (Å²) in [4.78, 5) is 12.4. The standard InChI is InChI=1S/C15H20O2S2/c1-4-17-13-7-5-12(6-8-13)15(16)14-9-18-10(2)11(3)19-14/h5-8,10-11,14H,4,9H2,1-3H3. The molecule has 1 aromatic rings. The number of ether oxygens (including phenoxy) is 1. The van der Waals surface area contributed by atoms with Crippen LogP contribution in [0, 0.1) is 0 Å². The van der Waals surface area contributed by atoms with Crippen molar-refractivity contribution < 1.29 is 9.53 Å². The Labute approximate surface area is 123 Å².